The number of nitrogens with zero attached hydrogens (tertiary/aromatic N) is 2. The lowest BCUT2D eigenvalue weighted by Crippen LogP contribution is -2.27. The number of likely N-dealkylation sites (N-methyl/N-ethyl adjacent to an activating group) is 2. The molecule has 0 fully saturated rings. The minimum atomic E-state index is -0.0391. The summed E-state index contributed by atoms with van der Waals surface area (Å²) in [6.45, 7) is 0.692. The van der Waals surface area contributed by atoms with Crippen LogP contribution in [-0.2, 0) is 16.0 Å². The number of hydrogen-bond acceptors (Lipinski definition) is 4. The van der Waals surface area contributed by atoms with Gasteiger partial charge in [-0.3, -0.25) is 9.59 Å². The fourth-order valence-electron chi connectivity index (χ4n) is 2.73. The number of nitrogens with one attached hydrogen (secondary N) is 2. The van der Waals surface area contributed by atoms with Crippen LogP contribution in [0.25, 0.3) is 0 Å². The smallest absolute Gasteiger partial charge is 0.238 e. The van der Waals surface area contributed by atoms with Crippen molar-refractivity contribution in [3.8, 4) is 0 Å². The maximum atomic E-state index is 11.9. The highest BCUT2D eigenvalue weighted by atomic mass is 16.2. The molecule has 6 nitrogen and oxygen atoms in total. The van der Waals surface area contributed by atoms with Crippen LogP contribution in [0, 0.1) is 0 Å². The summed E-state index contributed by atoms with van der Waals surface area (Å²) in [6, 6.07) is 15.6. The van der Waals surface area contributed by atoms with Crippen LogP contribution in [-0.4, -0.2) is 62.9 Å². The van der Waals surface area contributed by atoms with Crippen LogP contribution in [0.3, 0.4) is 0 Å². The molecule has 0 aliphatic heterocycles. The van der Waals surface area contributed by atoms with Gasteiger partial charge in [0.25, 0.3) is 0 Å². The van der Waals surface area contributed by atoms with Crippen LogP contribution in [0.4, 0.5) is 11.4 Å². The van der Waals surface area contributed by atoms with E-state index in [0.717, 1.165) is 28.9 Å². The van der Waals surface area contributed by atoms with Gasteiger partial charge >= 0.3 is 0 Å². The highest BCUT2D eigenvalue weighted by Gasteiger charge is 2.06. The molecule has 0 unspecified atom stereocenters. The number of anilines is 2. The topological polar surface area (TPSA) is 64.7 Å². The van der Waals surface area contributed by atoms with E-state index in [-0.39, 0.29) is 11.8 Å². The van der Waals surface area contributed by atoms with Crippen molar-refractivity contribution in [2.75, 3.05) is 51.9 Å². The fourth-order valence-corrected chi connectivity index (χ4v) is 2.73. The van der Waals surface area contributed by atoms with Crippen LogP contribution in [0.1, 0.15) is 11.1 Å². The first-order chi connectivity index (χ1) is 12.8. The quantitative estimate of drug-likeness (QED) is 0.750. The summed E-state index contributed by atoms with van der Waals surface area (Å²) in [6.07, 6.45) is 0.717. The molecule has 0 aliphatic rings. The molecule has 6 heteroatoms. The second kappa shape index (κ2) is 9.85. The van der Waals surface area contributed by atoms with Gasteiger partial charge < -0.3 is 20.4 Å². The molecule has 2 rings (SSSR count). The Kier molecular flexibility index (Phi) is 7.52. The summed E-state index contributed by atoms with van der Waals surface area (Å²) >= 11 is 0. The third-order valence-corrected chi connectivity index (χ3v) is 3.75. The Hall–Kier alpha value is -2.70. The van der Waals surface area contributed by atoms with E-state index < -0.39 is 0 Å². The van der Waals surface area contributed by atoms with Gasteiger partial charge in [-0.25, -0.2) is 0 Å². The fraction of sp³-hybridized carbons (Fsp3) is 0.333. The van der Waals surface area contributed by atoms with Crippen LogP contribution >= 0.6 is 0 Å². The number of rotatable bonds is 8. The maximum absolute atomic E-state index is 11.9. The van der Waals surface area contributed by atoms with Crippen molar-refractivity contribution in [3.63, 3.8) is 0 Å². The van der Waals surface area contributed by atoms with Crippen molar-refractivity contribution in [3.05, 3.63) is 59.7 Å². The Labute approximate surface area is 161 Å². The summed E-state index contributed by atoms with van der Waals surface area (Å²) < 4.78 is 0. The lowest BCUT2D eigenvalue weighted by Gasteiger charge is -2.12. The summed E-state index contributed by atoms with van der Waals surface area (Å²) in [7, 11) is 7.45. The van der Waals surface area contributed by atoms with Crippen molar-refractivity contribution in [2.45, 2.75) is 6.42 Å². The molecule has 0 heterocycles. The first-order valence-corrected chi connectivity index (χ1v) is 8.89. The molecular formula is C21H28N4O2. The van der Waals surface area contributed by atoms with Gasteiger partial charge in [-0.15, -0.1) is 0 Å². The summed E-state index contributed by atoms with van der Waals surface area (Å²) in [4.78, 5) is 27.5. The predicted octanol–water partition coefficient (Wildman–Crippen LogP) is 2.28. The van der Waals surface area contributed by atoms with Gasteiger partial charge in [0.2, 0.25) is 11.8 Å². The minimum Gasteiger partial charge on any atom is -0.325 e. The molecule has 0 radical (unpaired) electrons. The second-order valence-corrected chi connectivity index (χ2v) is 7.15. The molecule has 0 atom stereocenters. The van der Waals surface area contributed by atoms with E-state index in [1.165, 1.54) is 0 Å². The van der Waals surface area contributed by atoms with Crippen LogP contribution in [0.5, 0.6) is 0 Å². The zero-order valence-electron chi connectivity index (χ0n) is 16.5. The van der Waals surface area contributed by atoms with E-state index in [4.69, 9.17) is 0 Å². The third kappa shape index (κ3) is 7.60. The number of hydrogen-bond donors (Lipinski definition) is 2. The van der Waals surface area contributed by atoms with E-state index in [9.17, 15) is 9.59 Å². The molecule has 0 aromatic heterocycles. The first-order valence-electron chi connectivity index (χ1n) is 8.89. The third-order valence-electron chi connectivity index (χ3n) is 3.75. The SMILES string of the molecule is CN(C)CC(=O)Nc1cccc(Cc2cccc(NC(=O)CN(C)C)c2)c1. The number of benzene rings is 2. The van der Waals surface area contributed by atoms with Gasteiger partial charge in [0.1, 0.15) is 0 Å². The van der Waals surface area contributed by atoms with Gasteiger partial charge in [-0.2, -0.15) is 0 Å². The first kappa shape index (κ1) is 20.6. The molecule has 2 aromatic rings. The van der Waals surface area contributed by atoms with E-state index >= 15 is 0 Å². The normalized spacial score (nSPS) is 10.9. The van der Waals surface area contributed by atoms with Crippen molar-refractivity contribution in [2.24, 2.45) is 0 Å². The Bertz CT molecular complexity index is 722. The van der Waals surface area contributed by atoms with Gasteiger partial charge in [-0.05, 0) is 70.0 Å². The summed E-state index contributed by atoms with van der Waals surface area (Å²) in [5.74, 6) is -0.0782. The number of carbonyl (C=O) groups is 2. The van der Waals surface area contributed by atoms with Crippen LogP contribution in [0.15, 0.2) is 48.5 Å². The highest BCUT2D eigenvalue weighted by molar-refractivity contribution is 5.92. The van der Waals surface area contributed by atoms with Crippen LogP contribution in [0.2, 0.25) is 0 Å². The van der Waals surface area contributed by atoms with E-state index in [1.807, 2.05) is 86.5 Å². The molecule has 27 heavy (non-hydrogen) atoms. The van der Waals surface area contributed by atoms with E-state index in [1.54, 1.807) is 0 Å². The van der Waals surface area contributed by atoms with Gasteiger partial charge in [0.15, 0.2) is 0 Å². The molecular weight excluding hydrogens is 340 g/mol. The van der Waals surface area contributed by atoms with Crippen molar-refractivity contribution >= 4 is 23.2 Å². The van der Waals surface area contributed by atoms with Gasteiger partial charge in [-0.1, -0.05) is 24.3 Å². The molecule has 2 amide bonds. The average molecular weight is 368 g/mol. The highest BCUT2D eigenvalue weighted by Crippen LogP contribution is 2.17. The Morgan fingerprint density at radius 3 is 1.52 bits per heavy atom. The molecule has 0 spiro atoms. The molecule has 144 valence electrons. The lowest BCUT2D eigenvalue weighted by molar-refractivity contribution is -0.117. The van der Waals surface area contributed by atoms with Crippen molar-refractivity contribution in [1.29, 1.82) is 0 Å². The van der Waals surface area contributed by atoms with Crippen molar-refractivity contribution in [1.82, 2.24) is 9.80 Å². The molecule has 2 N–H and O–H groups in total. The standard InChI is InChI=1S/C21H28N4O2/c1-24(2)14-20(26)22-18-9-5-7-16(12-18)11-17-8-6-10-19(13-17)23-21(27)15-25(3)4/h5-10,12-13H,11,14-15H2,1-4H3,(H,22,26)(H,23,27). The Balaban J connectivity index is 2.02. The minimum absolute atomic E-state index is 0.0391. The molecule has 0 bridgehead atoms. The van der Waals surface area contributed by atoms with E-state index in [0.29, 0.717) is 13.1 Å². The molecule has 2 aromatic carbocycles. The second-order valence-electron chi connectivity index (χ2n) is 7.15. The number of carbonyl (C=O) groups excluding carboxylic acids is 2. The summed E-state index contributed by atoms with van der Waals surface area (Å²) in [5.41, 5.74) is 3.76. The zero-order chi connectivity index (χ0) is 19.8. The van der Waals surface area contributed by atoms with Crippen LogP contribution < -0.4 is 10.6 Å². The average Bonchev–Trinajstić information content (AvgIpc) is 2.53. The molecule has 0 saturated carbocycles. The molecule has 0 saturated heterocycles. The monoisotopic (exact) mass is 368 g/mol. The Morgan fingerprint density at radius 1 is 0.741 bits per heavy atom. The predicted molar refractivity (Wildman–Crippen MR) is 110 cm³/mol. The van der Waals surface area contributed by atoms with Gasteiger partial charge in [0.05, 0.1) is 13.1 Å². The molecule has 0 aliphatic carbocycles. The zero-order valence-corrected chi connectivity index (χ0v) is 16.5. The largest absolute Gasteiger partial charge is 0.325 e. The Morgan fingerprint density at radius 2 is 1.15 bits per heavy atom. The van der Waals surface area contributed by atoms with Crippen molar-refractivity contribution < 1.29 is 9.59 Å². The van der Waals surface area contributed by atoms with Gasteiger partial charge in [0, 0.05) is 11.4 Å². The number of amides is 2. The maximum Gasteiger partial charge on any atom is 0.238 e. The summed E-state index contributed by atoms with van der Waals surface area (Å²) in [5, 5.41) is 5.83. The lowest BCUT2D eigenvalue weighted by atomic mass is 10.0. The van der Waals surface area contributed by atoms with E-state index in [2.05, 4.69) is 10.6 Å².